The third kappa shape index (κ3) is 5.37. The van der Waals surface area contributed by atoms with Crippen LogP contribution in [0.4, 0.5) is 21.9 Å². The van der Waals surface area contributed by atoms with Gasteiger partial charge in [-0.3, -0.25) is 15.0 Å². The zero-order valence-corrected chi connectivity index (χ0v) is 17.7. The van der Waals surface area contributed by atoms with Gasteiger partial charge in [0, 0.05) is 18.7 Å². The normalized spacial score (nSPS) is 11.8. The number of carbonyl (C=O) groups excluding carboxylic acids is 2. The predicted octanol–water partition coefficient (Wildman–Crippen LogP) is 4.78. The van der Waals surface area contributed by atoms with Crippen molar-refractivity contribution < 1.29 is 14.3 Å². The molecule has 0 unspecified atom stereocenters. The molecule has 0 bridgehead atoms. The molecule has 1 aliphatic rings. The summed E-state index contributed by atoms with van der Waals surface area (Å²) in [6.45, 7) is 2.70. The van der Waals surface area contributed by atoms with Crippen LogP contribution in [0.2, 0.25) is 0 Å². The van der Waals surface area contributed by atoms with Crippen LogP contribution in [0, 0.1) is 0 Å². The second kappa shape index (κ2) is 10.1. The molecule has 0 spiro atoms. The number of hydrogen-bond acceptors (Lipinski definition) is 4. The standard InChI is InChI=1S/C22H25N3O3.ClH/c1-4-28-22(27)23-18-12-11-17-10-9-16-7-5-6-8-19(16)25(20(17)15-18)21(26)13-14-24(2)3;/h5-12,15H,4,13-14H2,1-3H3,(H,23,27);1H. The van der Waals surface area contributed by atoms with Crippen LogP contribution >= 0.6 is 12.4 Å². The number of ether oxygens (including phenoxy) is 1. The number of benzene rings is 2. The van der Waals surface area contributed by atoms with Crippen molar-refractivity contribution in [3.05, 3.63) is 53.6 Å². The van der Waals surface area contributed by atoms with Crippen LogP contribution in [0.25, 0.3) is 12.2 Å². The first-order valence-corrected chi connectivity index (χ1v) is 9.32. The first-order valence-electron chi connectivity index (χ1n) is 9.32. The summed E-state index contributed by atoms with van der Waals surface area (Å²) in [7, 11) is 3.89. The van der Waals surface area contributed by atoms with Gasteiger partial charge in [0.25, 0.3) is 0 Å². The molecule has 2 amide bonds. The first-order chi connectivity index (χ1) is 13.5. The van der Waals surface area contributed by atoms with Gasteiger partial charge >= 0.3 is 6.09 Å². The van der Waals surface area contributed by atoms with E-state index >= 15 is 0 Å². The highest BCUT2D eigenvalue weighted by Gasteiger charge is 2.24. The molecular formula is C22H26ClN3O3. The predicted molar refractivity (Wildman–Crippen MR) is 120 cm³/mol. The maximum absolute atomic E-state index is 13.2. The zero-order valence-electron chi connectivity index (χ0n) is 16.8. The molecule has 6 nitrogen and oxygen atoms in total. The van der Waals surface area contributed by atoms with E-state index in [0.717, 1.165) is 22.5 Å². The molecule has 0 atom stereocenters. The Morgan fingerprint density at radius 1 is 1.03 bits per heavy atom. The number of fused-ring (bicyclic) bond motifs is 2. The number of para-hydroxylation sites is 1. The molecule has 0 saturated carbocycles. The average molecular weight is 416 g/mol. The van der Waals surface area contributed by atoms with Crippen molar-refractivity contribution >= 4 is 53.6 Å². The SMILES string of the molecule is CCOC(=O)Nc1ccc2c(c1)N(C(=O)CCN(C)C)c1ccccc1C=C2.Cl. The molecule has 29 heavy (non-hydrogen) atoms. The molecule has 3 rings (SSSR count). The quantitative estimate of drug-likeness (QED) is 0.763. The van der Waals surface area contributed by atoms with Crippen molar-refractivity contribution in [2.45, 2.75) is 13.3 Å². The summed E-state index contributed by atoms with van der Waals surface area (Å²) in [6, 6.07) is 13.3. The smallest absolute Gasteiger partial charge is 0.411 e. The van der Waals surface area contributed by atoms with E-state index in [1.54, 1.807) is 17.9 Å². The van der Waals surface area contributed by atoms with E-state index < -0.39 is 6.09 Å². The van der Waals surface area contributed by atoms with Gasteiger partial charge in [0.2, 0.25) is 5.91 Å². The monoisotopic (exact) mass is 415 g/mol. The molecule has 0 fully saturated rings. The van der Waals surface area contributed by atoms with Crippen molar-refractivity contribution in [3.8, 4) is 0 Å². The minimum Gasteiger partial charge on any atom is -0.450 e. The van der Waals surface area contributed by atoms with Gasteiger partial charge < -0.3 is 9.64 Å². The number of halogens is 1. The van der Waals surface area contributed by atoms with Gasteiger partial charge in [-0.2, -0.15) is 0 Å². The lowest BCUT2D eigenvalue weighted by atomic mass is 10.1. The van der Waals surface area contributed by atoms with E-state index in [0.29, 0.717) is 25.3 Å². The number of anilines is 3. The second-order valence-corrected chi connectivity index (χ2v) is 6.79. The Morgan fingerprint density at radius 3 is 2.41 bits per heavy atom. The van der Waals surface area contributed by atoms with E-state index in [9.17, 15) is 9.59 Å². The summed E-state index contributed by atoms with van der Waals surface area (Å²) < 4.78 is 4.96. The summed E-state index contributed by atoms with van der Waals surface area (Å²) in [4.78, 5) is 28.7. The largest absolute Gasteiger partial charge is 0.450 e. The average Bonchev–Trinajstić information content (AvgIpc) is 2.83. The molecule has 7 heteroatoms. The molecule has 0 radical (unpaired) electrons. The summed E-state index contributed by atoms with van der Waals surface area (Å²) >= 11 is 0. The van der Waals surface area contributed by atoms with Gasteiger partial charge in [-0.15, -0.1) is 12.4 Å². The summed E-state index contributed by atoms with van der Waals surface area (Å²) in [5.41, 5.74) is 4.02. The number of nitrogens with zero attached hydrogens (tertiary/aromatic N) is 2. The summed E-state index contributed by atoms with van der Waals surface area (Å²) in [6.07, 6.45) is 3.86. The maximum atomic E-state index is 13.2. The van der Waals surface area contributed by atoms with Crippen molar-refractivity contribution in [1.29, 1.82) is 0 Å². The molecule has 0 saturated heterocycles. The lowest BCUT2D eigenvalue weighted by Crippen LogP contribution is -2.30. The van der Waals surface area contributed by atoms with Crippen LogP contribution in [-0.2, 0) is 9.53 Å². The molecule has 1 N–H and O–H groups in total. The Kier molecular flexibility index (Phi) is 7.82. The zero-order chi connectivity index (χ0) is 20.1. The van der Waals surface area contributed by atoms with Crippen LogP contribution in [0.1, 0.15) is 24.5 Å². The number of rotatable bonds is 5. The molecule has 2 aromatic rings. The van der Waals surface area contributed by atoms with Gasteiger partial charge in [0.15, 0.2) is 0 Å². The molecule has 1 heterocycles. The molecule has 154 valence electrons. The highest BCUT2D eigenvalue weighted by molar-refractivity contribution is 6.07. The van der Waals surface area contributed by atoms with Gasteiger partial charge in [-0.1, -0.05) is 36.4 Å². The van der Waals surface area contributed by atoms with Crippen LogP contribution < -0.4 is 10.2 Å². The highest BCUT2D eigenvalue weighted by atomic mass is 35.5. The minimum atomic E-state index is -0.516. The Balaban J connectivity index is 0.00000300. The van der Waals surface area contributed by atoms with Crippen molar-refractivity contribution in [2.75, 3.05) is 37.5 Å². The fourth-order valence-corrected chi connectivity index (χ4v) is 3.08. The number of carbonyl (C=O) groups is 2. The maximum Gasteiger partial charge on any atom is 0.411 e. The third-order valence-corrected chi connectivity index (χ3v) is 4.44. The Bertz CT molecular complexity index is 912. The number of hydrogen-bond donors (Lipinski definition) is 1. The fourth-order valence-electron chi connectivity index (χ4n) is 3.08. The second-order valence-electron chi connectivity index (χ2n) is 6.79. The summed E-state index contributed by atoms with van der Waals surface area (Å²) in [5, 5.41) is 2.72. The van der Waals surface area contributed by atoms with Crippen molar-refractivity contribution in [3.63, 3.8) is 0 Å². The third-order valence-electron chi connectivity index (χ3n) is 4.44. The van der Waals surface area contributed by atoms with E-state index in [-0.39, 0.29) is 18.3 Å². The van der Waals surface area contributed by atoms with Gasteiger partial charge in [-0.05, 0) is 50.3 Å². The Morgan fingerprint density at radius 2 is 1.72 bits per heavy atom. The number of amides is 2. The molecule has 0 aromatic heterocycles. The fraction of sp³-hybridized carbons (Fsp3) is 0.273. The molecule has 1 aliphatic heterocycles. The molecule has 0 aliphatic carbocycles. The number of nitrogens with one attached hydrogen (secondary N) is 1. The van der Waals surface area contributed by atoms with E-state index in [1.807, 2.05) is 67.5 Å². The van der Waals surface area contributed by atoms with Crippen LogP contribution in [0.15, 0.2) is 42.5 Å². The van der Waals surface area contributed by atoms with Gasteiger partial charge in [0.1, 0.15) is 0 Å². The van der Waals surface area contributed by atoms with E-state index in [4.69, 9.17) is 4.74 Å². The van der Waals surface area contributed by atoms with Gasteiger partial charge in [0.05, 0.1) is 18.0 Å². The van der Waals surface area contributed by atoms with Crippen LogP contribution in [0.3, 0.4) is 0 Å². The highest BCUT2D eigenvalue weighted by Crippen LogP contribution is 2.38. The van der Waals surface area contributed by atoms with Crippen molar-refractivity contribution in [1.82, 2.24) is 4.90 Å². The summed E-state index contributed by atoms with van der Waals surface area (Å²) in [5.74, 6) is -0.000570. The minimum absolute atomic E-state index is 0. The first kappa shape index (κ1) is 22.5. The Hall–Kier alpha value is -2.83. The van der Waals surface area contributed by atoms with Crippen molar-refractivity contribution in [2.24, 2.45) is 0 Å². The molecular weight excluding hydrogens is 390 g/mol. The van der Waals surface area contributed by atoms with E-state index in [1.165, 1.54) is 0 Å². The van der Waals surface area contributed by atoms with Crippen LogP contribution in [-0.4, -0.2) is 44.1 Å². The Labute approximate surface area is 177 Å². The van der Waals surface area contributed by atoms with Crippen LogP contribution in [0.5, 0.6) is 0 Å². The molecule has 2 aromatic carbocycles. The lowest BCUT2D eigenvalue weighted by Gasteiger charge is -2.26. The lowest BCUT2D eigenvalue weighted by molar-refractivity contribution is -0.118. The van der Waals surface area contributed by atoms with E-state index in [2.05, 4.69) is 5.32 Å². The topological polar surface area (TPSA) is 61.9 Å². The van der Waals surface area contributed by atoms with Gasteiger partial charge in [-0.25, -0.2) is 4.79 Å².